The van der Waals surface area contributed by atoms with Crippen molar-refractivity contribution in [3.8, 4) is 0 Å². The van der Waals surface area contributed by atoms with Gasteiger partial charge in [0.15, 0.2) is 5.03 Å². The number of sulfonamides is 1. The maximum absolute atomic E-state index is 12.4. The van der Waals surface area contributed by atoms with Crippen LogP contribution < -0.4 is 4.72 Å². The van der Waals surface area contributed by atoms with Crippen LogP contribution in [0.5, 0.6) is 0 Å². The van der Waals surface area contributed by atoms with Crippen molar-refractivity contribution in [2.75, 3.05) is 4.72 Å². The van der Waals surface area contributed by atoms with Crippen LogP contribution in [0.4, 0.5) is 5.82 Å². The minimum atomic E-state index is -3.70. The van der Waals surface area contributed by atoms with Crippen LogP contribution in [0.1, 0.15) is 40.2 Å². The molecule has 0 aromatic carbocycles. The van der Waals surface area contributed by atoms with Gasteiger partial charge in [0.2, 0.25) is 0 Å². The van der Waals surface area contributed by atoms with Crippen molar-refractivity contribution in [2.45, 2.75) is 51.7 Å². The van der Waals surface area contributed by atoms with E-state index in [-0.39, 0.29) is 11.1 Å². The van der Waals surface area contributed by atoms with Crippen LogP contribution in [-0.2, 0) is 16.6 Å². The average Bonchev–Trinajstić information content (AvgIpc) is 3.05. The maximum Gasteiger partial charge on any atom is 0.282 e. The van der Waals surface area contributed by atoms with Gasteiger partial charge in [0, 0.05) is 18.8 Å². The van der Waals surface area contributed by atoms with E-state index in [0.29, 0.717) is 18.3 Å². The minimum absolute atomic E-state index is 0.0126. The highest BCUT2D eigenvalue weighted by atomic mass is 32.2. The Kier molecular flexibility index (Phi) is 4.90. The number of rotatable bonds is 7. The predicted molar refractivity (Wildman–Crippen MR) is 85.1 cm³/mol. The Hall–Kier alpha value is -1.83. The molecular weight excluding hydrogens is 302 g/mol. The molecule has 22 heavy (non-hydrogen) atoms. The Morgan fingerprint density at radius 1 is 1.32 bits per heavy atom. The van der Waals surface area contributed by atoms with Crippen molar-refractivity contribution in [3.63, 3.8) is 0 Å². The lowest BCUT2D eigenvalue weighted by atomic mass is 10.1. The second kappa shape index (κ2) is 6.51. The molecule has 0 amide bonds. The van der Waals surface area contributed by atoms with E-state index in [1.807, 2.05) is 13.8 Å². The van der Waals surface area contributed by atoms with E-state index in [2.05, 4.69) is 28.7 Å². The van der Waals surface area contributed by atoms with Crippen LogP contribution in [0.2, 0.25) is 0 Å². The minimum Gasteiger partial charge on any atom is -0.336 e. The monoisotopic (exact) mass is 325 g/mol. The number of imidazole rings is 1. The van der Waals surface area contributed by atoms with Crippen molar-refractivity contribution in [2.24, 2.45) is 5.92 Å². The number of anilines is 1. The number of hydrogen-bond donors (Lipinski definition) is 1. The van der Waals surface area contributed by atoms with Crippen molar-refractivity contribution in [1.82, 2.24) is 19.3 Å². The summed E-state index contributed by atoms with van der Waals surface area (Å²) >= 11 is 0. The van der Waals surface area contributed by atoms with Crippen molar-refractivity contribution in [1.29, 1.82) is 0 Å². The lowest BCUT2D eigenvalue weighted by Crippen LogP contribution is -2.19. The zero-order valence-electron chi connectivity index (χ0n) is 13.4. The van der Waals surface area contributed by atoms with Crippen LogP contribution in [0, 0.1) is 5.92 Å². The molecule has 2 heterocycles. The van der Waals surface area contributed by atoms with Crippen LogP contribution in [0.15, 0.2) is 29.8 Å². The fourth-order valence-corrected chi connectivity index (χ4v) is 3.37. The summed E-state index contributed by atoms with van der Waals surface area (Å²) in [6, 6.07) is 1.77. The van der Waals surface area contributed by atoms with Crippen molar-refractivity contribution in [3.05, 3.63) is 24.8 Å². The van der Waals surface area contributed by atoms with E-state index in [9.17, 15) is 8.42 Å². The van der Waals surface area contributed by atoms with Gasteiger partial charge in [-0.25, -0.2) is 9.67 Å². The third-order valence-electron chi connectivity index (χ3n) is 3.39. The molecule has 1 atom stereocenters. The molecule has 0 saturated carbocycles. The van der Waals surface area contributed by atoms with Crippen molar-refractivity contribution >= 4 is 15.8 Å². The Morgan fingerprint density at radius 3 is 2.64 bits per heavy atom. The normalized spacial score (nSPS) is 13.5. The molecule has 0 aliphatic rings. The van der Waals surface area contributed by atoms with Gasteiger partial charge in [-0.15, -0.1) is 0 Å². The zero-order valence-corrected chi connectivity index (χ0v) is 14.2. The second-order valence-electron chi connectivity index (χ2n) is 5.79. The highest BCUT2D eigenvalue weighted by Crippen LogP contribution is 2.22. The standard InChI is InChI=1S/C14H23N5O2S/c1-5-18-9-14(15-10-18)22(20,21)17-13-6-7-16-19(13)12(4)8-11(2)3/h6-7,9-12,17H,5,8H2,1-4H3. The van der Waals surface area contributed by atoms with Gasteiger partial charge in [0.1, 0.15) is 5.82 Å². The fourth-order valence-electron chi connectivity index (χ4n) is 2.37. The molecule has 2 aromatic heterocycles. The van der Waals surface area contributed by atoms with Gasteiger partial charge >= 0.3 is 0 Å². The molecule has 0 fully saturated rings. The van der Waals surface area contributed by atoms with E-state index in [1.165, 1.54) is 12.5 Å². The van der Waals surface area contributed by atoms with Crippen LogP contribution in [0.25, 0.3) is 0 Å². The van der Waals surface area contributed by atoms with E-state index in [0.717, 1.165) is 6.42 Å². The third-order valence-corrected chi connectivity index (χ3v) is 4.63. The molecule has 8 heteroatoms. The summed E-state index contributed by atoms with van der Waals surface area (Å²) < 4.78 is 30.8. The van der Waals surface area contributed by atoms with Crippen LogP contribution in [0.3, 0.4) is 0 Å². The summed E-state index contributed by atoms with van der Waals surface area (Å²) in [6.07, 6.45) is 5.54. The molecule has 1 N–H and O–H groups in total. The third kappa shape index (κ3) is 3.68. The summed E-state index contributed by atoms with van der Waals surface area (Å²) in [5, 5.41) is 4.25. The summed E-state index contributed by atoms with van der Waals surface area (Å²) in [5.74, 6) is 0.961. The molecule has 122 valence electrons. The quantitative estimate of drug-likeness (QED) is 0.848. The van der Waals surface area contributed by atoms with Crippen LogP contribution in [-0.4, -0.2) is 27.7 Å². The van der Waals surface area contributed by atoms with Gasteiger partial charge in [0.25, 0.3) is 10.0 Å². The van der Waals surface area contributed by atoms with Gasteiger partial charge in [0.05, 0.1) is 18.6 Å². The molecule has 0 radical (unpaired) electrons. The van der Waals surface area contributed by atoms with E-state index >= 15 is 0 Å². The molecule has 2 aromatic rings. The van der Waals surface area contributed by atoms with Gasteiger partial charge in [-0.1, -0.05) is 13.8 Å². The van der Waals surface area contributed by atoms with E-state index in [4.69, 9.17) is 0 Å². The Bertz CT molecular complexity index is 717. The summed E-state index contributed by atoms with van der Waals surface area (Å²) in [5.41, 5.74) is 0. The molecule has 7 nitrogen and oxygen atoms in total. The number of hydrogen-bond acceptors (Lipinski definition) is 4. The molecule has 0 bridgehead atoms. The highest BCUT2D eigenvalue weighted by molar-refractivity contribution is 7.92. The smallest absolute Gasteiger partial charge is 0.282 e. The lowest BCUT2D eigenvalue weighted by Gasteiger charge is -2.17. The summed E-state index contributed by atoms with van der Waals surface area (Å²) in [6.45, 7) is 8.87. The number of nitrogens with one attached hydrogen (secondary N) is 1. The Labute approximate surface area is 131 Å². The van der Waals surface area contributed by atoms with Crippen LogP contribution >= 0.6 is 0 Å². The zero-order chi connectivity index (χ0) is 16.3. The first kappa shape index (κ1) is 16.5. The first-order chi connectivity index (χ1) is 10.3. The Morgan fingerprint density at radius 2 is 2.05 bits per heavy atom. The number of aryl methyl sites for hydroxylation is 1. The average molecular weight is 325 g/mol. The van der Waals surface area contributed by atoms with E-state index in [1.54, 1.807) is 21.5 Å². The molecule has 0 saturated heterocycles. The van der Waals surface area contributed by atoms with Crippen molar-refractivity contribution < 1.29 is 8.42 Å². The SMILES string of the molecule is CCn1cnc(S(=O)(=O)Nc2ccnn2C(C)CC(C)C)c1. The number of nitrogens with zero attached hydrogens (tertiary/aromatic N) is 4. The van der Waals surface area contributed by atoms with Gasteiger partial charge in [-0.05, 0) is 26.2 Å². The highest BCUT2D eigenvalue weighted by Gasteiger charge is 2.21. The predicted octanol–water partition coefficient (Wildman–Crippen LogP) is 2.51. The molecule has 0 spiro atoms. The van der Waals surface area contributed by atoms with Gasteiger partial charge in [-0.2, -0.15) is 13.5 Å². The molecule has 0 aliphatic heterocycles. The summed E-state index contributed by atoms with van der Waals surface area (Å²) in [4.78, 5) is 3.94. The second-order valence-corrected chi connectivity index (χ2v) is 7.42. The molecule has 0 aliphatic carbocycles. The fraction of sp³-hybridized carbons (Fsp3) is 0.571. The Balaban J connectivity index is 2.22. The maximum atomic E-state index is 12.4. The number of aromatic nitrogens is 4. The molecule has 2 rings (SSSR count). The first-order valence-electron chi connectivity index (χ1n) is 7.41. The van der Waals surface area contributed by atoms with E-state index < -0.39 is 10.0 Å². The van der Waals surface area contributed by atoms with Gasteiger partial charge in [-0.3, -0.25) is 4.72 Å². The molecular formula is C14H23N5O2S. The first-order valence-corrected chi connectivity index (χ1v) is 8.90. The largest absolute Gasteiger partial charge is 0.336 e. The molecule has 1 unspecified atom stereocenters. The summed E-state index contributed by atoms with van der Waals surface area (Å²) in [7, 11) is -3.70. The topological polar surface area (TPSA) is 81.8 Å². The lowest BCUT2D eigenvalue weighted by molar-refractivity contribution is 0.402. The van der Waals surface area contributed by atoms with Gasteiger partial charge < -0.3 is 4.57 Å².